The minimum Gasteiger partial charge on any atom is -0.258 e. The van der Waals surface area contributed by atoms with Gasteiger partial charge >= 0.3 is 0 Å². The van der Waals surface area contributed by atoms with Crippen LogP contribution in [0.2, 0.25) is 0 Å². The molecule has 0 radical (unpaired) electrons. The summed E-state index contributed by atoms with van der Waals surface area (Å²) in [5.74, 6) is 0. The van der Waals surface area contributed by atoms with Crippen LogP contribution in [-0.4, -0.2) is 9.97 Å². The van der Waals surface area contributed by atoms with Crippen molar-refractivity contribution in [2.75, 3.05) is 0 Å². The number of hydrogen-bond donors (Lipinski definition) is 0. The summed E-state index contributed by atoms with van der Waals surface area (Å²) in [7, 11) is 0. The minimum absolute atomic E-state index is 1.00. The molecule has 2 nitrogen and oxygen atoms in total. The summed E-state index contributed by atoms with van der Waals surface area (Å²) in [6.07, 6.45) is 4.01. The van der Waals surface area contributed by atoms with Crippen molar-refractivity contribution < 1.29 is 0 Å². The fourth-order valence-electron chi connectivity index (χ4n) is 1.10. The normalized spacial score (nSPS) is 10.1. The molecule has 0 atom stereocenters. The fourth-order valence-corrected chi connectivity index (χ4v) is 1.10. The zero-order valence-corrected chi connectivity index (χ0v) is 7.39. The van der Waals surface area contributed by atoms with Gasteiger partial charge in [0.2, 0.25) is 0 Å². The molecule has 0 spiro atoms. The van der Waals surface area contributed by atoms with Gasteiger partial charge in [0.1, 0.15) is 0 Å². The molecule has 60 valence electrons. The summed E-state index contributed by atoms with van der Waals surface area (Å²) >= 11 is 0. The van der Waals surface area contributed by atoms with E-state index in [9.17, 15) is 0 Å². The Bertz CT molecular complexity index is 243. The quantitative estimate of drug-likeness (QED) is 0.644. The molecule has 0 fully saturated rings. The van der Waals surface area contributed by atoms with Crippen LogP contribution in [0.3, 0.4) is 0 Å². The first-order chi connectivity index (χ1) is 5.24. The average Bonchev–Trinajstić information content (AvgIpc) is 1.95. The molecule has 11 heavy (non-hydrogen) atoms. The largest absolute Gasteiger partial charge is 0.258 e. The molecule has 1 aromatic rings. The highest BCUT2D eigenvalue weighted by atomic mass is 14.8. The molecule has 0 bridgehead atoms. The first-order valence-corrected chi connectivity index (χ1v) is 4.03. The average molecular weight is 150 g/mol. The van der Waals surface area contributed by atoms with Crippen LogP contribution in [0.4, 0.5) is 0 Å². The van der Waals surface area contributed by atoms with Crippen molar-refractivity contribution >= 4 is 0 Å². The van der Waals surface area contributed by atoms with Crippen molar-refractivity contribution in [3.63, 3.8) is 0 Å². The molecule has 0 aliphatic rings. The maximum atomic E-state index is 4.33. The van der Waals surface area contributed by atoms with Crippen LogP contribution in [0, 0.1) is 13.8 Å². The van der Waals surface area contributed by atoms with Crippen LogP contribution in [0.5, 0.6) is 0 Å². The van der Waals surface area contributed by atoms with E-state index in [4.69, 9.17) is 0 Å². The van der Waals surface area contributed by atoms with E-state index >= 15 is 0 Å². The lowest BCUT2D eigenvalue weighted by Crippen LogP contribution is -1.97. The Kier molecular flexibility index (Phi) is 2.58. The maximum Gasteiger partial charge on any atom is 0.0615 e. The summed E-state index contributed by atoms with van der Waals surface area (Å²) in [6.45, 7) is 6.14. The second-order valence-corrected chi connectivity index (χ2v) is 2.79. The summed E-state index contributed by atoms with van der Waals surface area (Å²) in [5.41, 5.74) is 3.22. The standard InChI is InChI=1S/C9H14N2/c1-4-5-9-8(3)11-7(2)6-10-9/h6H,4-5H2,1-3H3. The van der Waals surface area contributed by atoms with Crippen molar-refractivity contribution in [1.82, 2.24) is 9.97 Å². The zero-order chi connectivity index (χ0) is 8.27. The number of aryl methyl sites for hydroxylation is 3. The van der Waals surface area contributed by atoms with Crippen molar-refractivity contribution in [3.8, 4) is 0 Å². The Morgan fingerprint density at radius 3 is 2.64 bits per heavy atom. The fraction of sp³-hybridized carbons (Fsp3) is 0.556. The highest BCUT2D eigenvalue weighted by Crippen LogP contribution is 2.04. The Labute approximate surface area is 67.7 Å². The Balaban J connectivity index is 2.90. The molecule has 1 aromatic heterocycles. The second-order valence-electron chi connectivity index (χ2n) is 2.79. The first kappa shape index (κ1) is 8.18. The predicted molar refractivity (Wildman–Crippen MR) is 45.5 cm³/mol. The van der Waals surface area contributed by atoms with Gasteiger partial charge in [-0.1, -0.05) is 13.3 Å². The number of rotatable bonds is 2. The van der Waals surface area contributed by atoms with E-state index in [1.807, 2.05) is 20.0 Å². The smallest absolute Gasteiger partial charge is 0.0615 e. The van der Waals surface area contributed by atoms with Crippen LogP contribution < -0.4 is 0 Å². The van der Waals surface area contributed by atoms with Gasteiger partial charge in [-0.15, -0.1) is 0 Å². The van der Waals surface area contributed by atoms with E-state index in [0.717, 1.165) is 29.9 Å². The molecule has 0 amide bonds. The van der Waals surface area contributed by atoms with Crippen molar-refractivity contribution in [2.45, 2.75) is 33.6 Å². The Morgan fingerprint density at radius 1 is 1.36 bits per heavy atom. The number of nitrogens with zero attached hydrogens (tertiary/aromatic N) is 2. The molecule has 0 saturated carbocycles. The van der Waals surface area contributed by atoms with Gasteiger partial charge in [0.25, 0.3) is 0 Å². The van der Waals surface area contributed by atoms with Gasteiger partial charge in [-0.05, 0) is 20.3 Å². The molecular formula is C9H14N2. The van der Waals surface area contributed by atoms with Gasteiger partial charge in [0.05, 0.1) is 17.1 Å². The van der Waals surface area contributed by atoms with Crippen LogP contribution in [-0.2, 0) is 6.42 Å². The molecule has 0 N–H and O–H groups in total. The maximum absolute atomic E-state index is 4.33. The molecule has 0 aliphatic carbocycles. The SMILES string of the molecule is CCCc1ncc(C)nc1C. The van der Waals surface area contributed by atoms with E-state index in [1.54, 1.807) is 0 Å². The van der Waals surface area contributed by atoms with Gasteiger partial charge in [-0.25, -0.2) is 0 Å². The van der Waals surface area contributed by atoms with Crippen molar-refractivity contribution in [3.05, 3.63) is 23.3 Å². The van der Waals surface area contributed by atoms with Crippen molar-refractivity contribution in [2.24, 2.45) is 0 Å². The van der Waals surface area contributed by atoms with E-state index in [2.05, 4.69) is 16.9 Å². The first-order valence-electron chi connectivity index (χ1n) is 4.03. The molecular weight excluding hydrogens is 136 g/mol. The van der Waals surface area contributed by atoms with Gasteiger partial charge in [0, 0.05) is 6.20 Å². The molecule has 0 saturated heterocycles. The summed E-state index contributed by atoms with van der Waals surface area (Å²) in [6, 6.07) is 0. The molecule has 1 rings (SSSR count). The van der Waals surface area contributed by atoms with Gasteiger partial charge in [0.15, 0.2) is 0 Å². The third kappa shape index (κ3) is 2.00. The van der Waals surface area contributed by atoms with E-state index in [0.29, 0.717) is 0 Å². The van der Waals surface area contributed by atoms with Gasteiger partial charge < -0.3 is 0 Å². The third-order valence-electron chi connectivity index (χ3n) is 1.66. The van der Waals surface area contributed by atoms with Crippen molar-refractivity contribution in [1.29, 1.82) is 0 Å². The van der Waals surface area contributed by atoms with E-state index in [1.165, 1.54) is 0 Å². The minimum atomic E-state index is 1.00. The summed E-state index contributed by atoms with van der Waals surface area (Å²) < 4.78 is 0. The number of hydrogen-bond acceptors (Lipinski definition) is 2. The molecule has 0 aliphatic heterocycles. The Morgan fingerprint density at radius 2 is 2.09 bits per heavy atom. The molecule has 0 unspecified atom stereocenters. The molecule has 2 heteroatoms. The third-order valence-corrected chi connectivity index (χ3v) is 1.66. The van der Waals surface area contributed by atoms with E-state index < -0.39 is 0 Å². The topological polar surface area (TPSA) is 25.8 Å². The summed E-state index contributed by atoms with van der Waals surface area (Å²) in [4.78, 5) is 8.63. The van der Waals surface area contributed by atoms with E-state index in [-0.39, 0.29) is 0 Å². The number of aromatic nitrogens is 2. The highest BCUT2D eigenvalue weighted by molar-refractivity contribution is 5.11. The van der Waals surface area contributed by atoms with Gasteiger partial charge in [-0.3, -0.25) is 9.97 Å². The Hall–Kier alpha value is -0.920. The van der Waals surface area contributed by atoms with Gasteiger partial charge in [-0.2, -0.15) is 0 Å². The predicted octanol–water partition coefficient (Wildman–Crippen LogP) is 2.05. The van der Waals surface area contributed by atoms with Crippen LogP contribution in [0.15, 0.2) is 6.20 Å². The lowest BCUT2D eigenvalue weighted by Gasteiger charge is -2.01. The second kappa shape index (κ2) is 3.46. The molecule has 0 aromatic carbocycles. The van der Waals surface area contributed by atoms with Crippen LogP contribution in [0.25, 0.3) is 0 Å². The lowest BCUT2D eigenvalue weighted by atomic mass is 10.2. The lowest BCUT2D eigenvalue weighted by molar-refractivity contribution is 0.845. The highest BCUT2D eigenvalue weighted by Gasteiger charge is 1.98. The summed E-state index contributed by atoms with van der Waals surface area (Å²) in [5, 5.41) is 0. The monoisotopic (exact) mass is 150 g/mol. The zero-order valence-electron chi connectivity index (χ0n) is 7.39. The molecule has 1 heterocycles. The van der Waals surface area contributed by atoms with Crippen LogP contribution in [0.1, 0.15) is 30.4 Å². The van der Waals surface area contributed by atoms with Crippen LogP contribution >= 0.6 is 0 Å².